The molecule has 2 aromatic rings. The maximum Gasteiger partial charge on any atom is 0.212 e. The molecule has 0 spiro atoms. The molecule has 1 unspecified atom stereocenters. The average molecular weight is 270 g/mol. The lowest BCUT2D eigenvalue weighted by Crippen LogP contribution is -2.37. The van der Waals surface area contributed by atoms with Gasteiger partial charge in [-0.2, -0.15) is 0 Å². The Kier molecular flexibility index (Phi) is 3.96. The zero-order valence-electron chi connectivity index (χ0n) is 10.9. The normalized spacial score (nSPS) is 19.1. The summed E-state index contributed by atoms with van der Waals surface area (Å²) >= 11 is 0. The van der Waals surface area contributed by atoms with Crippen molar-refractivity contribution in [1.29, 1.82) is 0 Å². The zero-order valence-corrected chi connectivity index (χ0v) is 12.1. The van der Waals surface area contributed by atoms with Crippen LogP contribution in [0.15, 0.2) is 54.6 Å². The summed E-state index contributed by atoms with van der Waals surface area (Å²) in [4.78, 5) is 0. The van der Waals surface area contributed by atoms with Gasteiger partial charge >= 0.3 is 0 Å². The summed E-state index contributed by atoms with van der Waals surface area (Å²) in [5.41, 5.74) is 0. The topological polar surface area (TPSA) is 18.5 Å². The molecule has 1 aliphatic heterocycles. The maximum absolute atomic E-state index is 6.02. The lowest BCUT2D eigenvalue weighted by atomic mass is 10.3. The second-order valence-corrected chi connectivity index (χ2v) is 7.32. The molecule has 2 aromatic carbocycles. The van der Waals surface area contributed by atoms with E-state index < -0.39 is 9.04 Å². The largest absolute Gasteiger partial charge is 0.457 e. The van der Waals surface area contributed by atoms with E-state index in [0.29, 0.717) is 0 Å². The summed E-state index contributed by atoms with van der Waals surface area (Å²) < 4.78 is 12.0. The van der Waals surface area contributed by atoms with Crippen molar-refractivity contribution in [3.05, 3.63) is 54.6 Å². The summed E-state index contributed by atoms with van der Waals surface area (Å²) in [7, 11) is -1.29. The van der Waals surface area contributed by atoms with Gasteiger partial charge < -0.3 is 9.16 Å². The van der Waals surface area contributed by atoms with Crippen LogP contribution in [0.4, 0.5) is 0 Å². The molecule has 19 heavy (non-hydrogen) atoms. The molecular weight excluding hydrogens is 252 g/mol. The van der Waals surface area contributed by atoms with Crippen LogP contribution in [0, 0.1) is 0 Å². The van der Waals surface area contributed by atoms with Crippen LogP contribution in [-0.4, -0.2) is 15.6 Å². The molecule has 0 N–H and O–H groups in total. The van der Waals surface area contributed by atoms with Crippen LogP contribution >= 0.6 is 0 Å². The summed E-state index contributed by atoms with van der Waals surface area (Å²) in [6, 6.07) is 19.5. The molecule has 2 nitrogen and oxygen atoms in total. The highest BCUT2D eigenvalue weighted by Crippen LogP contribution is 2.21. The van der Waals surface area contributed by atoms with Crippen molar-refractivity contribution in [2.75, 3.05) is 6.61 Å². The Labute approximate surface area is 115 Å². The van der Waals surface area contributed by atoms with Crippen LogP contribution < -0.4 is 9.92 Å². The Morgan fingerprint density at radius 3 is 2.47 bits per heavy atom. The Balaban J connectivity index is 1.84. The number of para-hydroxylation sites is 2. The highest BCUT2D eigenvalue weighted by Gasteiger charge is 2.22. The molecule has 0 amide bonds. The van der Waals surface area contributed by atoms with Crippen molar-refractivity contribution >= 4 is 14.2 Å². The number of ether oxygens (including phenoxy) is 1. The minimum atomic E-state index is -1.29. The standard InChI is InChI=1S/C16H18O2Si/c1-2-8-14(9-3-1)18-15-10-4-5-11-16(15)19-13-7-6-12-17-19/h1-5,8-11,19H,6-7,12-13H2. The van der Waals surface area contributed by atoms with Crippen molar-refractivity contribution in [2.24, 2.45) is 0 Å². The van der Waals surface area contributed by atoms with Gasteiger partial charge in [-0.25, -0.2) is 0 Å². The summed E-state index contributed by atoms with van der Waals surface area (Å²) in [5, 5.41) is 1.30. The number of rotatable bonds is 3. The van der Waals surface area contributed by atoms with Gasteiger partial charge in [-0.15, -0.1) is 0 Å². The van der Waals surface area contributed by atoms with Crippen LogP contribution in [0.5, 0.6) is 11.5 Å². The van der Waals surface area contributed by atoms with Gasteiger partial charge in [0.1, 0.15) is 11.5 Å². The lowest BCUT2D eigenvalue weighted by molar-refractivity contribution is 0.294. The molecule has 1 saturated heterocycles. The predicted molar refractivity (Wildman–Crippen MR) is 79.7 cm³/mol. The van der Waals surface area contributed by atoms with Crippen molar-refractivity contribution in [1.82, 2.24) is 0 Å². The molecule has 98 valence electrons. The fraction of sp³-hybridized carbons (Fsp3) is 0.250. The van der Waals surface area contributed by atoms with Crippen molar-refractivity contribution < 1.29 is 9.16 Å². The van der Waals surface area contributed by atoms with E-state index in [9.17, 15) is 0 Å². The molecule has 0 bridgehead atoms. The van der Waals surface area contributed by atoms with Crippen molar-refractivity contribution in [2.45, 2.75) is 18.9 Å². The van der Waals surface area contributed by atoms with Crippen LogP contribution in [0.3, 0.4) is 0 Å². The molecule has 0 aromatic heterocycles. The molecule has 3 rings (SSSR count). The fourth-order valence-electron chi connectivity index (χ4n) is 2.44. The van der Waals surface area contributed by atoms with Crippen molar-refractivity contribution in [3.63, 3.8) is 0 Å². The molecule has 0 saturated carbocycles. The minimum absolute atomic E-state index is 0.889. The van der Waals surface area contributed by atoms with Crippen LogP contribution in [0.25, 0.3) is 0 Å². The smallest absolute Gasteiger partial charge is 0.212 e. The molecule has 1 heterocycles. The first kappa shape index (κ1) is 12.5. The molecule has 1 atom stereocenters. The third kappa shape index (κ3) is 3.06. The highest BCUT2D eigenvalue weighted by atomic mass is 28.3. The number of hydrogen-bond acceptors (Lipinski definition) is 2. The Bertz CT molecular complexity index is 521. The van der Waals surface area contributed by atoms with Gasteiger partial charge in [0.2, 0.25) is 9.04 Å². The van der Waals surface area contributed by atoms with Gasteiger partial charge in [0, 0.05) is 11.8 Å². The van der Waals surface area contributed by atoms with Gasteiger partial charge in [0.05, 0.1) is 0 Å². The monoisotopic (exact) mass is 270 g/mol. The quantitative estimate of drug-likeness (QED) is 0.797. The van der Waals surface area contributed by atoms with Gasteiger partial charge in [0.15, 0.2) is 0 Å². The van der Waals surface area contributed by atoms with Gasteiger partial charge in [-0.1, -0.05) is 42.8 Å². The van der Waals surface area contributed by atoms with Crippen LogP contribution in [-0.2, 0) is 4.43 Å². The zero-order chi connectivity index (χ0) is 12.9. The Hall–Kier alpha value is -1.58. The second kappa shape index (κ2) is 6.04. The van der Waals surface area contributed by atoms with E-state index in [1.165, 1.54) is 24.1 Å². The average Bonchev–Trinajstić information content (AvgIpc) is 2.50. The SMILES string of the molecule is c1ccc(Oc2ccccc2[SiH]2CCCCO2)cc1. The van der Waals surface area contributed by atoms with Crippen LogP contribution in [0.1, 0.15) is 12.8 Å². The van der Waals surface area contributed by atoms with Crippen molar-refractivity contribution in [3.8, 4) is 11.5 Å². The van der Waals surface area contributed by atoms with E-state index in [4.69, 9.17) is 9.16 Å². The van der Waals surface area contributed by atoms with E-state index in [2.05, 4.69) is 12.1 Å². The van der Waals surface area contributed by atoms with E-state index in [1.54, 1.807) is 0 Å². The first-order valence-corrected chi connectivity index (χ1v) is 8.73. The fourth-order valence-corrected chi connectivity index (χ4v) is 5.01. The highest BCUT2D eigenvalue weighted by molar-refractivity contribution is 6.68. The molecule has 0 radical (unpaired) electrons. The van der Waals surface area contributed by atoms with Gasteiger partial charge in [0.25, 0.3) is 0 Å². The van der Waals surface area contributed by atoms with E-state index in [0.717, 1.165) is 18.1 Å². The maximum atomic E-state index is 6.02. The van der Waals surface area contributed by atoms with E-state index >= 15 is 0 Å². The molecule has 0 aliphatic carbocycles. The summed E-state index contributed by atoms with van der Waals surface area (Å²) in [6.07, 6.45) is 2.49. The minimum Gasteiger partial charge on any atom is -0.457 e. The molecule has 1 aliphatic rings. The molecular formula is C16H18O2Si. The molecule has 3 heteroatoms. The third-order valence-electron chi connectivity index (χ3n) is 3.42. The molecule has 1 fully saturated rings. The number of hydrogen-bond donors (Lipinski definition) is 0. The van der Waals surface area contributed by atoms with E-state index in [-0.39, 0.29) is 0 Å². The lowest BCUT2D eigenvalue weighted by Gasteiger charge is -2.23. The van der Waals surface area contributed by atoms with Crippen LogP contribution in [0.2, 0.25) is 6.04 Å². The third-order valence-corrected chi connectivity index (χ3v) is 6.16. The predicted octanol–water partition coefficient (Wildman–Crippen LogP) is 3.22. The summed E-state index contributed by atoms with van der Waals surface area (Å²) in [5.74, 6) is 1.85. The Morgan fingerprint density at radius 2 is 1.68 bits per heavy atom. The van der Waals surface area contributed by atoms with Gasteiger partial charge in [-0.3, -0.25) is 0 Å². The van der Waals surface area contributed by atoms with Gasteiger partial charge in [-0.05, 0) is 30.7 Å². The Morgan fingerprint density at radius 1 is 0.895 bits per heavy atom. The first-order chi connectivity index (χ1) is 9.43. The van der Waals surface area contributed by atoms with E-state index in [1.807, 2.05) is 42.5 Å². The summed E-state index contributed by atoms with van der Waals surface area (Å²) in [6.45, 7) is 0.913. The number of benzene rings is 2. The first-order valence-electron chi connectivity index (χ1n) is 6.87. The second-order valence-electron chi connectivity index (χ2n) is 4.81.